The highest BCUT2D eigenvalue weighted by Crippen LogP contribution is 2.46. The number of hydrogen-bond acceptors (Lipinski definition) is 2. The number of methoxy groups -OCH3 is 1. The minimum absolute atomic E-state index is 0.120. The highest BCUT2D eigenvalue weighted by molar-refractivity contribution is 6.21. The van der Waals surface area contributed by atoms with Crippen molar-refractivity contribution in [3.8, 4) is 11.5 Å². The van der Waals surface area contributed by atoms with Crippen LogP contribution in [0.1, 0.15) is 34.4 Å². The molecule has 0 spiro atoms. The third kappa shape index (κ3) is 2.73. The summed E-state index contributed by atoms with van der Waals surface area (Å²) in [6.45, 7) is 2.78. The molecule has 0 aliphatic carbocycles. The van der Waals surface area contributed by atoms with E-state index in [0.29, 0.717) is 6.61 Å². The van der Waals surface area contributed by atoms with E-state index in [9.17, 15) is 0 Å². The van der Waals surface area contributed by atoms with Crippen molar-refractivity contribution in [3.63, 3.8) is 0 Å². The molecule has 0 aromatic heterocycles. The van der Waals surface area contributed by atoms with Crippen LogP contribution in [0, 0.1) is 6.92 Å². The fraction of sp³-hybridized carbons (Fsp3) is 0.333. The Labute approximate surface area is 130 Å². The van der Waals surface area contributed by atoms with Gasteiger partial charge in [0.25, 0.3) is 0 Å². The van der Waals surface area contributed by atoms with E-state index in [4.69, 9.17) is 21.1 Å². The Hall–Kier alpha value is -1.67. The molecule has 1 heterocycles. The standard InChI is InChI=1S/C18H19ClO2/c1-12-7-8-16(20-2)15(11-12)18(19)14-9-10-21-17-6-4-3-5-13(14)17/h3-8,11,14,18H,9-10H2,1-2H3. The lowest BCUT2D eigenvalue weighted by Gasteiger charge is -2.30. The van der Waals surface area contributed by atoms with E-state index in [1.54, 1.807) is 7.11 Å². The summed E-state index contributed by atoms with van der Waals surface area (Å²) < 4.78 is 11.2. The highest BCUT2D eigenvalue weighted by atomic mass is 35.5. The average Bonchev–Trinajstić information content (AvgIpc) is 2.53. The van der Waals surface area contributed by atoms with E-state index in [-0.39, 0.29) is 11.3 Å². The van der Waals surface area contributed by atoms with Gasteiger partial charge in [-0.2, -0.15) is 0 Å². The molecule has 0 radical (unpaired) electrons. The second-order valence-electron chi connectivity index (χ2n) is 5.43. The Kier molecular flexibility index (Phi) is 4.07. The zero-order valence-electron chi connectivity index (χ0n) is 12.3. The quantitative estimate of drug-likeness (QED) is 0.755. The molecule has 2 aromatic carbocycles. The summed E-state index contributed by atoms with van der Waals surface area (Å²) in [5.74, 6) is 2.04. The third-order valence-corrected chi connectivity index (χ3v) is 4.58. The Morgan fingerprint density at radius 2 is 2.05 bits per heavy atom. The van der Waals surface area contributed by atoms with E-state index in [2.05, 4.69) is 19.1 Å². The maximum absolute atomic E-state index is 6.83. The summed E-state index contributed by atoms with van der Waals surface area (Å²) in [7, 11) is 1.69. The van der Waals surface area contributed by atoms with Crippen molar-refractivity contribution >= 4 is 11.6 Å². The van der Waals surface area contributed by atoms with Crippen LogP contribution in [0.2, 0.25) is 0 Å². The monoisotopic (exact) mass is 302 g/mol. The van der Waals surface area contributed by atoms with Crippen LogP contribution >= 0.6 is 11.6 Å². The number of rotatable bonds is 3. The van der Waals surface area contributed by atoms with E-state index in [1.165, 1.54) is 11.1 Å². The Morgan fingerprint density at radius 1 is 1.24 bits per heavy atom. The van der Waals surface area contributed by atoms with E-state index in [0.717, 1.165) is 23.5 Å². The first-order valence-corrected chi connectivity index (χ1v) is 7.64. The van der Waals surface area contributed by atoms with Crippen molar-refractivity contribution in [2.75, 3.05) is 13.7 Å². The first kappa shape index (κ1) is 14.3. The summed E-state index contributed by atoms with van der Waals surface area (Å²) in [6.07, 6.45) is 0.919. The van der Waals surface area contributed by atoms with Gasteiger partial charge in [-0.25, -0.2) is 0 Å². The topological polar surface area (TPSA) is 18.5 Å². The second-order valence-corrected chi connectivity index (χ2v) is 5.90. The normalized spacial score (nSPS) is 18.5. The molecule has 2 atom stereocenters. The van der Waals surface area contributed by atoms with Gasteiger partial charge in [0.2, 0.25) is 0 Å². The molecule has 0 saturated heterocycles. The van der Waals surface area contributed by atoms with Crippen LogP contribution in [0.5, 0.6) is 11.5 Å². The Bertz CT molecular complexity index is 639. The molecule has 2 aromatic rings. The molecular weight excluding hydrogens is 284 g/mol. The predicted molar refractivity (Wildman–Crippen MR) is 85.6 cm³/mol. The van der Waals surface area contributed by atoms with Crippen LogP contribution in [0.4, 0.5) is 0 Å². The lowest BCUT2D eigenvalue weighted by molar-refractivity contribution is 0.264. The van der Waals surface area contributed by atoms with Crippen molar-refractivity contribution in [1.82, 2.24) is 0 Å². The molecule has 2 unspecified atom stereocenters. The van der Waals surface area contributed by atoms with E-state index in [1.807, 2.05) is 30.3 Å². The summed E-state index contributed by atoms with van der Waals surface area (Å²) in [6, 6.07) is 14.3. The van der Waals surface area contributed by atoms with Gasteiger partial charge in [0.05, 0.1) is 19.1 Å². The van der Waals surface area contributed by atoms with Crippen molar-refractivity contribution in [2.24, 2.45) is 0 Å². The summed E-state index contributed by atoms with van der Waals surface area (Å²) in [5, 5.41) is -0.120. The van der Waals surface area contributed by atoms with Gasteiger partial charge in [-0.05, 0) is 31.0 Å². The van der Waals surface area contributed by atoms with Crippen LogP contribution in [0.3, 0.4) is 0 Å². The van der Waals surface area contributed by atoms with Gasteiger partial charge in [0.15, 0.2) is 0 Å². The lowest BCUT2D eigenvalue weighted by atomic mass is 9.86. The fourth-order valence-electron chi connectivity index (χ4n) is 2.96. The molecular formula is C18H19ClO2. The number of benzene rings is 2. The average molecular weight is 303 g/mol. The number of alkyl halides is 1. The van der Waals surface area contributed by atoms with Gasteiger partial charge in [0.1, 0.15) is 11.5 Å². The van der Waals surface area contributed by atoms with Crippen molar-refractivity contribution in [3.05, 3.63) is 59.2 Å². The number of halogens is 1. The third-order valence-electron chi connectivity index (χ3n) is 4.04. The minimum atomic E-state index is -0.120. The zero-order valence-corrected chi connectivity index (χ0v) is 13.1. The number of hydrogen-bond donors (Lipinski definition) is 0. The van der Waals surface area contributed by atoms with Crippen LogP contribution < -0.4 is 9.47 Å². The predicted octanol–water partition coefficient (Wildman–Crippen LogP) is 4.85. The molecule has 21 heavy (non-hydrogen) atoms. The van der Waals surface area contributed by atoms with Gasteiger partial charge in [-0.3, -0.25) is 0 Å². The van der Waals surface area contributed by atoms with Crippen LogP contribution in [0.15, 0.2) is 42.5 Å². The first-order valence-electron chi connectivity index (χ1n) is 7.21. The second kappa shape index (κ2) is 5.98. The van der Waals surface area contributed by atoms with E-state index >= 15 is 0 Å². The summed E-state index contributed by atoms with van der Waals surface area (Å²) in [5.41, 5.74) is 3.44. The molecule has 0 bridgehead atoms. The molecule has 110 valence electrons. The van der Waals surface area contributed by atoms with Gasteiger partial charge in [-0.15, -0.1) is 11.6 Å². The number of ether oxygens (including phenoxy) is 2. The van der Waals surface area contributed by atoms with Crippen LogP contribution in [-0.4, -0.2) is 13.7 Å². The van der Waals surface area contributed by atoms with Crippen LogP contribution in [0.25, 0.3) is 0 Å². The first-order chi connectivity index (χ1) is 10.2. The molecule has 0 N–H and O–H groups in total. The van der Waals surface area contributed by atoms with Crippen molar-refractivity contribution in [2.45, 2.75) is 24.6 Å². The van der Waals surface area contributed by atoms with Crippen molar-refractivity contribution < 1.29 is 9.47 Å². The molecule has 2 nitrogen and oxygen atoms in total. The molecule has 0 fully saturated rings. The number of fused-ring (bicyclic) bond motifs is 1. The summed E-state index contributed by atoms with van der Waals surface area (Å²) >= 11 is 6.83. The molecule has 1 aliphatic rings. The molecule has 1 aliphatic heterocycles. The maximum Gasteiger partial charge on any atom is 0.123 e. The molecule has 0 amide bonds. The summed E-state index contributed by atoms with van der Waals surface area (Å²) in [4.78, 5) is 0. The number of aryl methyl sites for hydroxylation is 1. The number of para-hydroxylation sites is 1. The van der Waals surface area contributed by atoms with Gasteiger partial charge in [-0.1, -0.05) is 35.9 Å². The highest BCUT2D eigenvalue weighted by Gasteiger charge is 2.30. The molecule has 3 rings (SSSR count). The lowest BCUT2D eigenvalue weighted by Crippen LogP contribution is -2.18. The van der Waals surface area contributed by atoms with E-state index < -0.39 is 0 Å². The van der Waals surface area contributed by atoms with Crippen LogP contribution in [-0.2, 0) is 0 Å². The SMILES string of the molecule is COc1ccc(C)cc1C(Cl)C1CCOc2ccccc21. The van der Waals surface area contributed by atoms with Gasteiger partial charge in [0, 0.05) is 11.5 Å². The van der Waals surface area contributed by atoms with Crippen molar-refractivity contribution in [1.29, 1.82) is 0 Å². The fourth-order valence-corrected chi connectivity index (χ4v) is 3.39. The molecule has 3 heteroatoms. The van der Waals surface area contributed by atoms with Gasteiger partial charge < -0.3 is 9.47 Å². The minimum Gasteiger partial charge on any atom is -0.496 e. The Morgan fingerprint density at radius 3 is 2.86 bits per heavy atom. The maximum atomic E-state index is 6.83. The largest absolute Gasteiger partial charge is 0.496 e. The van der Waals surface area contributed by atoms with Gasteiger partial charge >= 0.3 is 0 Å². The Balaban J connectivity index is 2.00. The molecule has 0 saturated carbocycles. The smallest absolute Gasteiger partial charge is 0.123 e. The zero-order chi connectivity index (χ0) is 14.8.